The van der Waals surface area contributed by atoms with Crippen molar-refractivity contribution in [2.24, 2.45) is 0 Å². The summed E-state index contributed by atoms with van der Waals surface area (Å²) >= 11 is 2.55. The van der Waals surface area contributed by atoms with Crippen LogP contribution in [0.1, 0.15) is 76.2 Å². The predicted octanol–water partition coefficient (Wildman–Crippen LogP) is 5.22. The molecule has 1 aromatic carbocycles. The molecule has 0 aliphatic carbocycles. The molecule has 0 fully saturated rings. The third kappa shape index (κ3) is 11.7. The number of benzene rings is 1. The standard InChI is InChI=1S/C19H30OSe/c20-19(21)17-13-8-6-4-2-1-3-5-7-10-14-18-15-11-9-12-16-18/h9,11-12,15-16H,1-8,10,13-14,17H2,(H,20,21)/p-1. The molecular formula is C19H29OSe-. The van der Waals surface area contributed by atoms with Gasteiger partial charge in [0.1, 0.15) is 0 Å². The maximum absolute atomic E-state index is 10.7. The molecule has 1 rings (SSSR count). The van der Waals surface area contributed by atoms with Crippen LogP contribution in [0, 0.1) is 0 Å². The molecule has 1 aromatic rings. The number of hydrogen-bond donors (Lipinski definition) is 0. The molecule has 1 nitrogen and oxygen atoms in total. The SMILES string of the molecule is O=C([Se-])CCCCCCCCCCCCc1ccccc1. The van der Waals surface area contributed by atoms with E-state index in [-0.39, 0.29) is 4.68 Å². The molecular weight excluding hydrogens is 323 g/mol. The zero-order valence-corrected chi connectivity index (χ0v) is 14.9. The molecule has 21 heavy (non-hydrogen) atoms. The fraction of sp³-hybridized carbons (Fsp3) is 0.632. The molecule has 0 saturated heterocycles. The fourth-order valence-electron chi connectivity index (χ4n) is 2.66. The summed E-state index contributed by atoms with van der Waals surface area (Å²) in [6.07, 6.45) is 15.1. The molecule has 0 atom stereocenters. The quantitative estimate of drug-likeness (QED) is 0.352. The van der Waals surface area contributed by atoms with Crippen molar-refractivity contribution in [3.05, 3.63) is 35.9 Å². The molecule has 0 amide bonds. The van der Waals surface area contributed by atoms with Gasteiger partial charge in [-0.25, -0.2) is 0 Å². The van der Waals surface area contributed by atoms with Gasteiger partial charge in [-0.3, -0.25) is 0 Å². The van der Waals surface area contributed by atoms with Gasteiger partial charge in [-0.1, -0.05) is 30.3 Å². The Labute approximate surface area is 138 Å². The number of carbonyl (C=O) groups excluding carboxylic acids is 1. The van der Waals surface area contributed by atoms with E-state index in [1.165, 1.54) is 69.8 Å². The second-order valence-corrected chi connectivity index (χ2v) is 6.85. The number of rotatable bonds is 13. The smallest absolute Gasteiger partial charge is 0.0622 e. The van der Waals surface area contributed by atoms with Crippen molar-refractivity contribution in [3.63, 3.8) is 0 Å². The minimum atomic E-state index is 0.213. The molecule has 0 heterocycles. The van der Waals surface area contributed by atoms with E-state index in [1.807, 2.05) is 0 Å². The van der Waals surface area contributed by atoms with Crippen molar-refractivity contribution in [2.45, 2.75) is 77.0 Å². The number of unbranched alkanes of at least 4 members (excludes halogenated alkanes) is 9. The van der Waals surface area contributed by atoms with Crippen LogP contribution in [0.5, 0.6) is 0 Å². The first kappa shape index (κ1) is 18.5. The summed E-state index contributed by atoms with van der Waals surface area (Å²) in [4.78, 5) is 10.7. The number of carbonyl (C=O) groups is 1. The Morgan fingerprint density at radius 3 is 1.71 bits per heavy atom. The predicted molar refractivity (Wildman–Crippen MR) is 91.7 cm³/mol. The summed E-state index contributed by atoms with van der Waals surface area (Å²) in [6, 6.07) is 10.8. The van der Waals surface area contributed by atoms with Crippen LogP contribution >= 0.6 is 0 Å². The van der Waals surface area contributed by atoms with Crippen molar-refractivity contribution in [3.8, 4) is 0 Å². The van der Waals surface area contributed by atoms with E-state index < -0.39 is 0 Å². The molecule has 0 radical (unpaired) electrons. The van der Waals surface area contributed by atoms with Crippen molar-refractivity contribution in [1.29, 1.82) is 0 Å². The van der Waals surface area contributed by atoms with Gasteiger partial charge in [-0.15, -0.1) is 0 Å². The first-order chi connectivity index (χ1) is 10.3. The van der Waals surface area contributed by atoms with E-state index in [0.717, 1.165) is 12.8 Å². The van der Waals surface area contributed by atoms with E-state index >= 15 is 0 Å². The van der Waals surface area contributed by atoms with Gasteiger partial charge in [0.05, 0.1) is 0 Å². The van der Waals surface area contributed by atoms with Crippen LogP contribution in [0.15, 0.2) is 30.3 Å². The molecule has 0 aliphatic rings. The Morgan fingerprint density at radius 1 is 0.714 bits per heavy atom. The second-order valence-electron chi connectivity index (χ2n) is 5.89. The average Bonchev–Trinajstić information content (AvgIpc) is 2.49. The van der Waals surface area contributed by atoms with Gasteiger partial charge in [0, 0.05) is 0 Å². The zero-order chi connectivity index (χ0) is 15.2. The van der Waals surface area contributed by atoms with Gasteiger partial charge in [0.15, 0.2) is 0 Å². The molecule has 2 heteroatoms. The van der Waals surface area contributed by atoms with Gasteiger partial charge in [0.2, 0.25) is 0 Å². The minimum absolute atomic E-state index is 0.213. The Balaban J connectivity index is 1.78. The van der Waals surface area contributed by atoms with E-state index in [0.29, 0.717) is 0 Å². The summed E-state index contributed by atoms with van der Waals surface area (Å²) in [5.74, 6) is 0. The monoisotopic (exact) mass is 353 g/mol. The Hall–Kier alpha value is -0.591. The van der Waals surface area contributed by atoms with Crippen LogP contribution in [-0.2, 0) is 11.2 Å². The van der Waals surface area contributed by atoms with E-state index in [2.05, 4.69) is 46.3 Å². The van der Waals surface area contributed by atoms with Crippen LogP contribution in [0.4, 0.5) is 0 Å². The normalized spacial score (nSPS) is 10.7. The molecule has 0 spiro atoms. The van der Waals surface area contributed by atoms with Gasteiger partial charge in [-0.2, -0.15) is 0 Å². The van der Waals surface area contributed by atoms with Crippen molar-refractivity contribution >= 4 is 20.7 Å². The zero-order valence-electron chi connectivity index (χ0n) is 13.2. The van der Waals surface area contributed by atoms with Gasteiger partial charge in [0.25, 0.3) is 0 Å². The van der Waals surface area contributed by atoms with Crippen LogP contribution in [0.25, 0.3) is 0 Å². The number of hydrogen-bond acceptors (Lipinski definition) is 1. The molecule has 0 N–H and O–H groups in total. The summed E-state index contributed by atoms with van der Waals surface area (Å²) in [5, 5.41) is 0. The summed E-state index contributed by atoms with van der Waals surface area (Å²) in [6.45, 7) is 0. The van der Waals surface area contributed by atoms with Crippen LogP contribution in [-0.4, -0.2) is 20.7 Å². The third-order valence-corrected chi connectivity index (χ3v) is 4.37. The van der Waals surface area contributed by atoms with Crippen LogP contribution < -0.4 is 0 Å². The van der Waals surface area contributed by atoms with Gasteiger partial charge >= 0.3 is 96.1 Å². The fourth-order valence-corrected chi connectivity index (χ4v) is 2.96. The van der Waals surface area contributed by atoms with Gasteiger partial charge in [-0.05, 0) is 12.0 Å². The van der Waals surface area contributed by atoms with Crippen molar-refractivity contribution in [1.82, 2.24) is 0 Å². The molecule has 0 bridgehead atoms. The van der Waals surface area contributed by atoms with E-state index in [1.54, 1.807) is 0 Å². The van der Waals surface area contributed by atoms with Gasteiger partial charge < -0.3 is 0 Å². The number of aryl methyl sites for hydroxylation is 1. The first-order valence-electron chi connectivity index (χ1n) is 8.53. The summed E-state index contributed by atoms with van der Waals surface area (Å²) in [7, 11) is 0. The van der Waals surface area contributed by atoms with E-state index in [9.17, 15) is 4.79 Å². The summed E-state index contributed by atoms with van der Waals surface area (Å²) in [5.41, 5.74) is 1.47. The molecule has 0 unspecified atom stereocenters. The Bertz CT molecular complexity index is 361. The molecule has 118 valence electrons. The van der Waals surface area contributed by atoms with Crippen LogP contribution in [0.2, 0.25) is 0 Å². The molecule has 0 saturated carbocycles. The average molecular weight is 352 g/mol. The topological polar surface area (TPSA) is 17.1 Å². The van der Waals surface area contributed by atoms with Crippen molar-refractivity contribution in [2.75, 3.05) is 0 Å². The maximum atomic E-state index is 10.7. The first-order valence-corrected chi connectivity index (χ1v) is 9.38. The van der Waals surface area contributed by atoms with E-state index in [4.69, 9.17) is 0 Å². The summed E-state index contributed by atoms with van der Waals surface area (Å²) < 4.78 is 0.213. The van der Waals surface area contributed by atoms with Crippen molar-refractivity contribution < 1.29 is 4.79 Å². The minimum Gasteiger partial charge on any atom is -0.0622 e. The third-order valence-electron chi connectivity index (χ3n) is 3.94. The molecule has 0 aromatic heterocycles. The Kier molecular flexibility index (Phi) is 11.5. The Morgan fingerprint density at radius 2 is 1.19 bits per heavy atom. The second kappa shape index (κ2) is 13.1. The van der Waals surface area contributed by atoms with Crippen LogP contribution in [0.3, 0.4) is 0 Å². The molecule has 0 aliphatic heterocycles.